The molecule has 2 amide bonds. The second-order valence-electron chi connectivity index (χ2n) is 18.7. The molecule has 3 aromatic heterocycles. The normalized spacial score (nSPS) is 19.4. The number of nitrogens with one attached hydrogen (secondary N) is 2. The predicted octanol–water partition coefficient (Wildman–Crippen LogP) is 6.15. The third-order valence-electron chi connectivity index (χ3n) is 13.4. The molecule has 17 nitrogen and oxygen atoms in total. The fourth-order valence-electron chi connectivity index (χ4n) is 9.47. The maximum atomic E-state index is 14.3. The molecular formula is C48H54ClN9O8SSi. The Morgan fingerprint density at radius 1 is 1.04 bits per heavy atom. The van der Waals surface area contributed by atoms with E-state index in [0.717, 1.165) is 67.1 Å². The van der Waals surface area contributed by atoms with Crippen LogP contribution in [0.1, 0.15) is 56.0 Å². The number of amides is 2. The SMILES string of the molecule is CC(=O)N1CCO[C@H](COc2ccc(S(=O)(=O)NC(=O)c3ccc(N4CCN(CC5=C(c6ccc(Cl)cc6)CC(C)(C)CC5)CC4)cc3-n3ncc4nc5[nH]ccc5cc43)cc2[N+](=O)[O-])C([SiH3])C1. The van der Waals surface area contributed by atoms with Crippen LogP contribution in [0, 0.1) is 15.5 Å². The van der Waals surface area contributed by atoms with Crippen molar-refractivity contribution in [1.29, 1.82) is 0 Å². The zero-order valence-corrected chi connectivity index (χ0v) is 42.0. The number of ether oxygens (including phenoxy) is 2. The summed E-state index contributed by atoms with van der Waals surface area (Å²) in [5.41, 5.74) is 6.69. The number of hydrogen-bond donors (Lipinski definition) is 2. The molecule has 3 aromatic carbocycles. The largest absolute Gasteiger partial charge is 0.484 e. The van der Waals surface area contributed by atoms with Crippen molar-refractivity contribution in [3.05, 3.63) is 117 Å². The Morgan fingerprint density at radius 3 is 2.57 bits per heavy atom. The first-order valence-corrected chi connectivity index (χ1v) is 25.8. The van der Waals surface area contributed by atoms with E-state index < -0.39 is 37.5 Å². The number of H-pyrrole nitrogens is 1. The molecule has 2 atom stereocenters. The summed E-state index contributed by atoms with van der Waals surface area (Å²) in [6, 6.07) is 20.4. The summed E-state index contributed by atoms with van der Waals surface area (Å²) in [6.45, 7) is 11.3. The third-order valence-corrected chi connectivity index (χ3v) is 16.1. The van der Waals surface area contributed by atoms with E-state index in [1.807, 2.05) is 30.3 Å². The zero-order chi connectivity index (χ0) is 47.9. The molecule has 2 fully saturated rings. The maximum Gasteiger partial charge on any atom is 0.312 e. The highest BCUT2D eigenvalue weighted by molar-refractivity contribution is 7.90. The van der Waals surface area contributed by atoms with Crippen molar-refractivity contribution in [1.82, 2.24) is 34.3 Å². The van der Waals surface area contributed by atoms with Crippen LogP contribution >= 0.6 is 11.6 Å². The van der Waals surface area contributed by atoms with Gasteiger partial charge < -0.3 is 24.3 Å². The van der Waals surface area contributed by atoms with E-state index in [0.29, 0.717) is 65.4 Å². The lowest BCUT2D eigenvalue weighted by atomic mass is 9.72. The van der Waals surface area contributed by atoms with E-state index in [9.17, 15) is 28.1 Å². The van der Waals surface area contributed by atoms with Crippen LogP contribution in [0.5, 0.6) is 5.75 Å². The highest BCUT2D eigenvalue weighted by atomic mass is 35.5. The molecule has 2 N–H and O–H groups in total. The first-order chi connectivity index (χ1) is 32.5. The average Bonchev–Trinajstić information content (AvgIpc) is 3.90. The van der Waals surface area contributed by atoms with Crippen molar-refractivity contribution >= 4 is 82.7 Å². The number of aromatic nitrogens is 4. The van der Waals surface area contributed by atoms with Gasteiger partial charge in [-0.2, -0.15) is 5.10 Å². The second-order valence-corrected chi connectivity index (χ2v) is 22.3. The highest BCUT2D eigenvalue weighted by Crippen LogP contribution is 2.43. The molecule has 356 valence electrons. The number of allylic oxidation sites excluding steroid dienone is 1. The van der Waals surface area contributed by atoms with Crippen LogP contribution < -0.4 is 14.4 Å². The summed E-state index contributed by atoms with van der Waals surface area (Å²) >= 11 is 6.26. The van der Waals surface area contributed by atoms with Crippen LogP contribution in [-0.2, 0) is 19.6 Å². The monoisotopic (exact) mass is 979 g/mol. The zero-order valence-electron chi connectivity index (χ0n) is 38.4. The van der Waals surface area contributed by atoms with E-state index in [1.165, 1.54) is 29.7 Å². The number of carbonyl (C=O) groups is 2. The van der Waals surface area contributed by atoms with E-state index >= 15 is 0 Å². The van der Waals surface area contributed by atoms with Crippen molar-refractivity contribution in [3.8, 4) is 11.4 Å². The van der Waals surface area contributed by atoms with Gasteiger partial charge in [-0.25, -0.2) is 22.8 Å². The van der Waals surface area contributed by atoms with Gasteiger partial charge in [0.15, 0.2) is 5.75 Å². The summed E-state index contributed by atoms with van der Waals surface area (Å²) in [5.74, 6) is -1.17. The number of carbonyl (C=O) groups excluding carboxylic acids is 2. The fourth-order valence-corrected chi connectivity index (χ4v) is 11.4. The number of pyridine rings is 1. The number of fused-ring (bicyclic) bond motifs is 2. The van der Waals surface area contributed by atoms with Crippen molar-refractivity contribution in [3.63, 3.8) is 0 Å². The summed E-state index contributed by atoms with van der Waals surface area (Å²) in [5, 5.41) is 18.5. The minimum Gasteiger partial charge on any atom is -0.484 e. The summed E-state index contributed by atoms with van der Waals surface area (Å²) in [4.78, 5) is 51.6. The fraction of sp³-hybridized carbons (Fsp3) is 0.375. The second kappa shape index (κ2) is 19.1. The van der Waals surface area contributed by atoms with Gasteiger partial charge >= 0.3 is 5.69 Å². The maximum absolute atomic E-state index is 14.3. The Kier molecular flexibility index (Phi) is 13.2. The number of nitro benzene ring substituents is 1. The minimum absolute atomic E-state index is 0.00272. The Hall–Kier alpha value is -6.12. The van der Waals surface area contributed by atoms with Gasteiger partial charge in [0.2, 0.25) is 5.91 Å². The van der Waals surface area contributed by atoms with E-state index in [4.69, 9.17) is 26.1 Å². The number of rotatable bonds is 12. The number of nitro groups is 1. The molecule has 0 bridgehead atoms. The first kappa shape index (κ1) is 47.0. The summed E-state index contributed by atoms with van der Waals surface area (Å²) in [7, 11) is -3.98. The molecule has 1 unspecified atom stereocenters. The van der Waals surface area contributed by atoms with E-state index in [2.05, 4.69) is 50.6 Å². The van der Waals surface area contributed by atoms with E-state index in [-0.39, 0.29) is 34.8 Å². The number of anilines is 1. The molecule has 1 aliphatic carbocycles. The Labute approximate surface area is 402 Å². The van der Waals surface area contributed by atoms with Crippen LogP contribution in [0.3, 0.4) is 0 Å². The number of benzene rings is 3. The quantitative estimate of drug-likeness (QED) is 0.0808. The van der Waals surface area contributed by atoms with E-state index in [1.54, 1.807) is 34.1 Å². The molecule has 2 saturated heterocycles. The standard InChI is InChI=1S/C48H54ClN9O8SSi/c1-30(59)56-20-21-65-44(45(68)28-56)29-66-43-11-9-36(24-42(43)58(61)62)67(63,64)53-47(60)37-10-8-35(23-40(37)57-41-22-32-13-15-50-46(32)52-39(41)26-51-57)55-18-16-54(17-19-55)27-33-12-14-48(2,3)25-38(33)31-4-6-34(49)7-5-31/h4-11,13,15,22-24,26,44-45H,12,14,16-21,25,27-29H2,1-3,68H3,(H,50,52)(H,53,60)/t44-,45?/m1/s1. The molecule has 9 rings (SSSR count). The van der Waals surface area contributed by atoms with Gasteiger partial charge in [-0.05, 0) is 96.0 Å². The molecule has 2 aliphatic heterocycles. The highest BCUT2D eigenvalue weighted by Gasteiger charge is 2.32. The Bertz CT molecular complexity index is 3060. The van der Waals surface area contributed by atoms with Crippen LogP contribution in [0.4, 0.5) is 11.4 Å². The number of hydrogen-bond acceptors (Lipinski definition) is 12. The number of nitrogens with zero attached hydrogens (tertiary/aromatic N) is 7. The molecule has 5 heterocycles. The molecule has 0 saturated carbocycles. The van der Waals surface area contributed by atoms with Crippen molar-refractivity contribution in [2.45, 2.75) is 56.6 Å². The van der Waals surface area contributed by atoms with Crippen LogP contribution in [-0.4, -0.2) is 130 Å². The van der Waals surface area contributed by atoms with Gasteiger partial charge in [-0.1, -0.05) is 43.2 Å². The van der Waals surface area contributed by atoms with Crippen LogP contribution in [0.2, 0.25) is 10.6 Å². The minimum atomic E-state index is -4.66. The van der Waals surface area contributed by atoms with Gasteiger partial charge in [0.05, 0.1) is 45.5 Å². The average molecular weight is 981 g/mol. The van der Waals surface area contributed by atoms with Crippen molar-refractivity contribution in [2.24, 2.45) is 5.41 Å². The third kappa shape index (κ3) is 10.0. The Morgan fingerprint density at radius 2 is 1.82 bits per heavy atom. The lowest BCUT2D eigenvalue weighted by Gasteiger charge is -2.39. The molecule has 6 aromatic rings. The van der Waals surface area contributed by atoms with Gasteiger partial charge in [0, 0.05) is 91.3 Å². The smallest absolute Gasteiger partial charge is 0.312 e. The summed E-state index contributed by atoms with van der Waals surface area (Å²) < 4.78 is 43.4. The number of sulfonamides is 1. The molecule has 20 heteroatoms. The predicted molar refractivity (Wildman–Crippen MR) is 264 cm³/mol. The molecule has 0 radical (unpaired) electrons. The van der Waals surface area contributed by atoms with Gasteiger partial charge in [-0.3, -0.25) is 24.6 Å². The number of aromatic amines is 1. The topological polar surface area (TPSA) is 198 Å². The number of piperazine rings is 1. The molecule has 0 spiro atoms. The summed E-state index contributed by atoms with van der Waals surface area (Å²) in [6.07, 6.45) is 6.12. The molecule has 68 heavy (non-hydrogen) atoms. The molecular weight excluding hydrogens is 926 g/mol. The molecule has 3 aliphatic rings. The van der Waals surface area contributed by atoms with Gasteiger partial charge in [-0.15, -0.1) is 0 Å². The lowest BCUT2D eigenvalue weighted by Crippen LogP contribution is -2.47. The van der Waals surface area contributed by atoms with Gasteiger partial charge in [0.25, 0.3) is 15.9 Å². The Balaban J connectivity index is 0.958. The number of halogens is 1. The first-order valence-electron chi connectivity index (χ1n) is 22.8. The lowest BCUT2D eigenvalue weighted by molar-refractivity contribution is -0.386. The van der Waals surface area contributed by atoms with Gasteiger partial charge in [0.1, 0.15) is 17.8 Å². The van der Waals surface area contributed by atoms with Crippen LogP contribution in [0.15, 0.2) is 95.7 Å². The van der Waals surface area contributed by atoms with Crippen LogP contribution in [0.25, 0.3) is 33.3 Å². The van der Waals surface area contributed by atoms with Crippen molar-refractivity contribution < 1.29 is 32.4 Å². The van der Waals surface area contributed by atoms with Crippen molar-refractivity contribution in [2.75, 3.05) is 63.9 Å².